The number of carbonyl (C=O) groups excluding carboxylic acids is 1. The van der Waals surface area contributed by atoms with Crippen LogP contribution < -0.4 is 5.32 Å². The number of nitrogens with one attached hydrogen (secondary N) is 1. The Morgan fingerprint density at radius 2 is 1.83 bits per heavy atom. The maximum absolute atomic E-state index is 12.9. The molecular weight excluding hydrogens is 394 g/mol. The zero-order chi connectivity index (χ0) is 20.6. The summed E-state index contributed by atoms with van der Waals surface area (Å²) in [6.07, 6.45) is -1.62. The van der Waals surface area contributed by atoms with Crippen LogP contribution in [0.3, 0.4) is 0 Å². The van der Waals surface area contributed by atoms with Crippen molar-refractivity contribution in [2.75, 3.05) is 0 Å². The smallest absolute Gasteiger partial charge is 0.346 e. The summed E-state index contributed by atoms with van der Waals surface area (Å²) in [5, 5.41) is 6.00. The Balaban J connectivity index is 1.50. The number of halogens is 4. The van der Waals surface area contributed by atoms with Gasteiger partial charge in [-0.1, -0.05) is 5.16 Å². The van der Waals surface area contributed by atoms with Gasteiger partial charge in [-0.25, -0.2) is 9.37 Å². The van der Waals surface area contributed by atoms with Crippen LogP contribution in [0, 0.1) is 5.82 Å². The number of amides is 1. The van der Waals surface area contributed by atoms with E-state index in [1.165, 1.54) is 36.5 Å². The highest BCUT2D eigenvalue weighted by atomic mass is 19.4. The number of fused-ring (bicyclic) bond motifs is 1. The molecular formula is C18H11F4N5O2. The number of aromatic nitrogens is 4. The third-order valence-corrected chi connectivity index (χ3v) is 3.96. The summed E-state index contributed by atoms with van der Waals surface area (Å²) in [5.74, 6) is -2.47. The molecule has 0 radical (unpaired) electrons. The van der Waals surface area contributed by atoms with Gasteiger partial charge in [0.15, 0.2) is 0 Å². The van der Waals surface area contributed by atoms with Gasteiger partial charge >= 0.3 is 12.1 Å². The van der Waals surface area contributed by atoms with Crippen molar-refractivity contribution in [3.63, 3.8) is 0 Å². The number of benzene rings is 1. The fourth-order valence-corrected chi connectivity index (χ4v) is 2.59. The largest absolute Gasteiger partial charge is 0.471 e. The molecule has 0 bridgehead atoms. The molecule has 1 amide bonds. The monoisotopic (exact) mass is 405 g/mol. The minimum Gasteiger partial charge on any atom is -0.346 e. The van der Waals surface area contributed by atoms with Gasteiger partial charge in [0.1, 0.15) is 11.5 Å². The Labute approximate surface area is 160 Å². The van der Waals surface area contributed by atoms with Crippen molar-refractivity contribution in [1.82, 2.24) is 24.8 Å². The zero-order valence-corrected chi connectivity index (χ0v) is 14.4. The highest BCUT2D eigenvalue weighted by Crippen LogP contribution is 2.29. The van der Waals surface area contributed by atoms with Crippen molar-refractivity contribution < 1.29 is 26.9 Å². The molecule has 0 aliphatic carbocycles. The molecule has 11 heteroatoms. The van der Waals surface area contributed by atoms with E-state index in [1.807, 2.05) is 0 Å². The van der Waals surface area contributed by atoms with E-state index in [0.717, 1.165) is 0 Å². The minimum atomic E-state index is -4.72. The van der Waals surface area contributed by atoms with Gasteiger partial charge in [0.25, 0.3) is 5.91 Å². The minimum absolute atomic E-state index is 0.105. The Bertz CT molecular complexity index is 1180. The van der Waals surface area contributed by atoms with Crippen molar-refractivity contribution in [2.45, 2.75) is 12.7 Å². The van der Waals surface area contributed by atoms with Crippen LogP contribution in [0.25, 0.3) is 17.0 Å². The van der Waals surface area contributed by atoms with Gasteiger partial charge < -0.3 is 14.2 Å². The summed E-state index contributed by atoms with van der Waals surface area (Å²) in [6, 6.07) is 8.17. The van der Waals surface area contributed by atoms with Crippen LogP contribution in [0.5, 0.6) is 0 Å². The average molecular weight is 405 g/mol. The number of carbonyl (C=O) groups is 1. The number of nitrogens with zero attached hydrogens (tertiary/aromatic N) is 4. The topological polar surface area (TPSA) is 85.3 Å². The lowest BCUT2D eigenvalue weighted by atomic mass is 10.2. The van der Waals surface area contributed by atoms with Crippen molar-refractivity contribution in [3.8, 4) is 11.4 Å². The predicted molar refractivity (Wildman–Crippen MR) is 91.1 cm³/mol. The lowest BCUT2D eigenvalue weighted by molar-refractivity contribution is -0.159. The second kappa shape index (κ2) is 7.00. The molecule has 7 nitrogen and oxygen atoms in total. The maximum atomic E-state index is 12.9. The Kier molecular flexibility index (Phi) is 4.49. The molecule has 1 N–H and O–H groups in total. The second-order valence-electron chi connectivity index (χ2n) is 6.03. The summed E-state index contributed by atoms with van der Waals surface area (Å²) in [5.41, 5.74) is 1.63. The molecule has 1 aromatic carbocycles. The van der Waals surface area contributed by atoms with E-state index in [2.05, 4.69) is 25.0 Å². The Hall–Kier alpha value is -3.76. The van der Waals surface area contributed by atoms with Crippen LogP contribution in [0.4, 0.5) is 17.6 Å². The molecule has 3 heterocycles. The number of hydrogen-bond acceptors (Lipinski definition) is 5. The Morgan fingerprint density at radius 1 is 1.07 bits per heavy atom. The van der Waals surface area contributed by atoms with Gasteiger partial charge in [0, 0.05) is 23.5 Å². The standard InChI is InChI=1S/C18H11F4N5O2/c19-12-4-1-10(2-5-12)16(28)23-7-13-9-27-8-11(3-6-14(27)24-13)15-25-17(29-26-15)18(20,21)22/h1-6,8-9H,7H2,(H,23,28). The van der Waals surface area contributed by atoms with E-state index in [1.54, 1.807) is 16.7 Å². The third-order valence-electron chi connectivity index (χ3n) is 3.96. The van der Waals surface area contributed by atoms with Crippen LogP contribution in [-0.4, -0.2) is 25.4 Å². The van der Waals surface area contributed by atoms with E-state index < -0.39 is 23.8 Å². The number of rotatable bonds is 4. The molecule has 0 atom stereocenters. The van der Waals surface area contributed by atoms with Crippen molar-refractivity contribution in [1.29, 1.82) is 0 Å². The first-order valence-corrected chi connectivity index (χ1v) is 8.22. The summed E-state index contributed by atoms with van der Waals surface area (Å²) >= 11 is 0. The van der Waals surface area contributed by atoms with E-state index >= 15 is 0 Å². The SMILES string of the molecule is O=C(NCc1cn2cc(-c3noc(C(F)(F)F)n3)ccc2n1)c1ccc(F)cc1. The van der Waals surface area contributed by atoms with Crippen molar-refractivity contribution >= 4 is 11.6 Å². The van der Waals surface area contributed by atoms with Crippen LogP contribution >= 0.6 is 0 Å². The van der Waals surface area contributed by atoms with E-state index in [4.69, 9.17) is 0 Å². The molecule has 0 unspecified atom stereocenters. The first-order chi connectivity index (χ1) is 13.8. The number of imidazole rings is 1. The molecule has 148 valence electrons. The van der Waals surface area contributed by atoms with Crippen molar-refractivity contribution in [3.05, 3.63) is 71.8 Å². The normalized spacial score (nSPS) is 11.7. The van der Waals surface area contributed by atoms with Gasteiger partial charge in [-0.3, -0.25) is 4.79 Å². The van der Waals surface area contributed by atoms with Gasteiger partial charge in [-0.2, -0.15) is 18.2 Å². The van der Waals surface area contributed by atoms with Gasteiger partial charge in [-0.15, -0.1) is 0 Å². The lowest BCUT2D eigenvalue weighted by Gasteiger charge is -2.02. The highest BCUT2D eigenvalue weighted by Gasteiger charge is 2.38. The van der Waals surface area contributed by atoms with Crippen molar-refractivity contribution in [2.24, 2.45) is 0 Å². The fourth-order valence-electron chi connectivity index (χ4n) is 2.59. The maximum Gasteiger partial charge on any atom is 0.471 e. The molecule has 3 aromatic heterocycles. The summed E-state index contributed by atoms with van der Waals surface area (Å²) in [6.45, 7) is 0.105. The van der Waals surface area contributed by atoms with Crippen LogP contribution in [0.1, 0.15) is 21.9 Å². The second-order valence-corrected chi connectivity index (χ2v) is 6.03. The summed E-state index contributed by atoms with van der Waals surface area (Å²) in [4.78, 5) is 19.7. The molecule has 0 spiro atoms. The lowest BCUT2D eigenvalue weighted by Crippen LogP contribution is -2.22. The molecule has 4 aromatic rings. The van der Waals surface area contributed by atoms with Gasteiger partial charge in [0.2, 0.25) is 5.82 Å². The quantitative estimate of drug-likeness (QED) is 0.526. The first kappa shape index (κ1) is 18.6. The van der Waals surface area contributed by atoms with Crippen LogP contribution in [-0.2, 0) is 12.7 Å². The molecule has 0 saturated carbocycles. The number of hydrogen-bond donors (Lipinski definition) is 1. The molecule has 29 heavy (non-hydrogen) atoms. The molecule has 0 fully saturated rings. The van der Waals surface area contributed by atoms with Crippen LogP contribution in [0.2, 0.25) is 0 Å². The first-order valence-electron chi connectivity index (χ1n) is 8.22. The molecule has 4 rings (SSSR count). The summed E-state index contributed by atoms with van der Waals surface area (Å²) in [7, 11) is 0. The van der Waals surface area contributed by atoms with E-state index in [-0.39, 0.29) is 12.4 Å². The third kappa shape index (κ3) is 3.93. The fraction of sp³-hybridized carbons (Fsp3) is 0.111. The highest BCUT2D eigenvalue weighted by molar-refractivity contribution is 5.94. The van der Waals surface area contributed by atoms with Gasteiger partial charge in [0.05, 0.1) is 12.2 Å². The molecule has 0 saturated heterocycles. The molecule has 0 aliphatic rings. The van der Waals surface area contributed by atoms with Gasteiger partial charge in [-0.05, 0) is 36.4 Å². The Morgan fingerprint density at radius 3 is 2.52 bits per heavy atom. The number of alkyl halides is 3. The summed E-state index contributed by atoms with van der Waals surface area (Å²) < 4.78 is 56.5. The van der Waals surface area contributed by atoms with Crippen LogP contribution in [0.15, 0.2) is 53.3 Å². The molecule has 0 aliphatic heterocycles. The van der Waals surface area contributed by atoms with E-state index in [0.29, 0.717) is 22.5 Å². The predicted octanol–water partition coefficient (Wildman–Crippen LogP) is 3.47. The number of pyridine rings is 1. The van der Waals surface area contributed by atoms with E-state index in [9.17, 15) is 22.4 Å². The average Bonchev–Trinajstić information content (AvgIpc) is 3.32. The zero-order valence-electron chi connectivity index (χ0n) is 14.4.